The molecule has 1 N–H and O–H groups in total. The number of methoxy groups -OCH3 is 2. The summed E-state index contributed by atoms with van der Waals surface area (Å²) in [7, 11) is 3.30. The lowest BCUT2D eigenvalue weighted by atomic mass is 9.98. The number of halogens is 1. The van der Waals surface area contributed by atoms with E-state index in [1.54, 1.807) is 14.2 Å². The van der Waals surface area contributed by atoms with Gasteiger partial charge in [0.25, 0.3) is 0 Å². The molecule has 0 aliphatic carbocycles. The highest BCUT2D eigenvalue weighted by atomic mass is 79.9. The molecule has 1 rings (SSSR count). The Hall–Kier alpha value is -0.740. The lowest BCUT2D eigenvalue weighted by Gasteiger charge is -2.17. The zero-order valence-electron chi connectivity index (χ0n) is 12.4. The van der Waals surface area contributed by atoms with Gasteiger partial charge in [0, 0.05) is 11.0 Å². The van der Waals surface area contributed by atoms with Crippen LogP contribution in [0, 0.1) is 11.8 Å². The molecule has 108 valence electrons. The molecule has 1 atom stereocenters. The summed E-state index contributed by atoms with van der Waals surface area (Å²) < 4.78 is 11.6. The number of nitrogens with one attached hydrogen (secondary N) is 1. The largest absolute Gasteiger partial charge is 0.493 e. The van der Waals surface area contributed by atoms with Crippen molar-refractivity contribution in [2.75, 3.05) is 20.8 Å². The van der Waals surface area contributed by atoms with Gasteiger partial charge in [0.2, 0.25) is 0 Å². The van der Waals surface area contributed by atoms with Gasteiger partial charge in [-0.05, 0) is 36.1 Å². The van der Waals surface area contributed by atoms with Gasteiger partial charge in [-0.3, -0.25) is 0 Å². The first-order chi connectivity index (χ1) is 8.99. The molecule has 0 bridgehead atoms. The Morgan fingerprint density at radius 2 is 1.68 bits per heavy atom. The van der Waals surface area contributed by atoms with E-state index in [0.717, 1.165) is 29.1 Å². The van der Waals surface area contributed by atoms with Crippen LogP contribution in [0.5, 0.6) is 11.5 Å². The van der Waals surface area contributed by atoms with Crippen LogP contribution < -0.4 is 14.8 Å². The normalized spacial score (nSPS) is 12.6. The van der Waals surface area contributed by atoms with Gasteiger partial charge in [-0.2, -0.15) is 0 Å². The predicted molar refractivity (Wildman–Crippen MR) is 83.0 cm³/mol. The van der Waals surface area contributed by atoms with Crippen molar-refractivity contribution in [3.8, 4) is 11.5 Å². The monoisotopic (exact) mass is 329 g/mol. The minimum Gasteiger partial charge on any atom is -0.493 e. The standard InChI is InChI=1S/C15H24BrNO2/c1-10(2)11(3)8-17-9-12-6-14(18-4)15(19-5)7-13(12)16/h6-7,10-11,17H,8-9H2,1-5H3. The van der Waals surface area contributed by atoms with Gasteiger partial charge in [0.15, 0.2) is 11.5 Å². The molecule has 0 heterocycles. The van der Waals surface area contributed by atoms with Gasteiger partial charge in [-0.1, -0.05) is 36.7 Å². The first-order valence-electron chi connectivity index (χ1n) is 6.60. The van der Waals surface area contributed by atoms with E-state index in [1.165, 1.54) is 5.56 Å². The SMILES string of the molecule is COc1cc(Br)c(CNCC(C)C(C)C)cc1OC. The average Bonchev–Trinajstić information content (AvgIpc) is 2.39. The molecule has 1 aromatic carbocycles. The average molecular weight is 330 g/mol. The molecule has 0 fully saturated rings. The van der Waals surface area contributed by atoms with Gasteiger partial charge in [0.1, 0.15) is 0 Å². The summed E-state index contributed by atoms with van der Waals surface area (Å²) in [5, 5.41) is 3.49. The van der Waals surface area contributed by atoms with Crippen molar-refractivity contribution in [2.24, 2.45) is 11.8 Å². The summed E-state index contributed by atoms with van der Waals surface area (Å²) >= 11 is 3.57. The Morgan fingerprint density at radius 1 is 1.11 bits per heavy atom. The molecular formula is C15H24BrNO2. The molecule has 4 heteroatoms. The first kappa shape index (κ1) is 16.3. The second-order valence-electron chi connectivity index (χ2n) is 5.15. The smallest absolute Gasteiger partial charge is 0.161 e. The fourth-order valence-corrected chi connectivity index (χ4v) is 2.16. The van der Waals surface area contributed by atoms with Crippen LogP contribution in [-0.4, -0.2) is 20.8 Å². The molecule has 3 nitrogen and oxygen atoms in total. The van der Waals surface area contributed by atoms with Crippen molar-refractivity contribution >= 4 is 15.9 Å². The van der Waals surface area contributed by atoms with Crippen molar-refractivity contribution in [2.45, 2.75) is 27.3 Å². The maximum atomic E-state index is 5.32. The summed E-state index contributed by atoms with van der Waals surface area (Å²) in [6.07, 6.45) is 0. The van der Waals surface area contributed by atoms with E-state index in [2.05, 4.69) is 42.0 Å². The number of benzene rings is 1. The molecule has 0 saturated carbocycles. The van der Waals surface area contributed by atoms with Crippen molar-refractivity contribution in [1.29, 1.82) is 0 Å². The second-order valence-corrected chi connectivity index (χ2v) is 6.01. The minimum absolute atomic E-state index is 0.666. The van der Waals surface area contributed by atoms with E-state index in [9.17, 15) is 0 Å². The number of ether oxygens (including phenoxy) is 2. The Kier molecular flexibility index (Phi) is 6.66. The van der Waals surface area contributed by atoms with Crippen LogP contribution in [0.15, 0.2) is 16.6 Å². The molecule has 0 aliphatic rings. The van der Waals surface area contributed by atoms with E-state index in [4.69, 9.17) is 9.47 Å². The Labute approximate surface area is 124 Å². The third kappa shape index (κ3) is 4.69. The number of hydrogen-bond donors (Lipinski definition) is 1. The zero-order chi connectivity index (χ0) is 14.4. The molecule has 0 spiro atoms. The predicted octanol–water partition coefficient (Wildman–Crippen LogP) is 3.85. The lowest BCUT2D eigenvalue weighted by molar-refractivity contribution is 0.353. The number of hydrogen-bond acceptors (Lipinski definition) is 3. The maximum absolute atomic E-state index is 5.32. The van der Waals surface area contributed by atoms with Gasteiger partial charge >= 0.3 is 0 Å². The van der Waals surface area contributed by atoms with Crippen LogP contribution in [0.3, 0.4) is 0 Å². The van der Waals surface area contributed by atoms with Crippen molar-refractivity contribution < 1.29 is 9.47 Å². The van der Waals surface area contributed by atoms with E-state index in [-0.39, 0.29) is 0 Å². The zero-order valence-corrected chi connectivity index (χ0v) is 14.0. The molecule has 0 aromatic heterocycles. The van der Waals surface area contributed by atoms with Crippen molar-refractivity contribution in [1.82, 2.24) is 5.32 Å². The molecular weight excluding hydrogens is 306 g/mol. The summed E-state index contributed by atoms with van der Waals surface area (Å²) in [6.45, 7) is 8.59. The third-order valence-corrected chi connectivity index (χ3v) is 4.21. The van der Waals surface area contributed by atoms with Gasteiger partial charge in [0.05, 0.1) is 14.2 Å². The Morgan fingerprint density at radius 3 is 2.21 bits per heavy atom. The molecule has 0 aliphatic heterocycles. The van der Waals surface area contributed by atoms with Crippen LogP contribution in [0.1, 0.15) is 26.3 Å². The summed E-state index contributed by atoms with van der Waals surface area (Å²) in [4.78, 5) is 0. The fraction of sp³-hybridized carbons (Fsp3) is 0.600. The third-order valence-electron chi connectivity index (χ3n) is 3.47. The first-order valence-corrected chi connectivity index (χ1v) is 7.40. The van der Waals surface area contributed by atoms with Crippen LogP contribution in [0.2, 0.25) is 0 Å². The van der Waals surface area contributed by atoms with Crippen LogP contribution in [0.4, 0.5) is 0 Å². The van der Waals surface area contributed by atoms with Gasteiger partial charge < -0.3 is 14.8 Å². The van der Waals surface area contributed by atoms with Gasteiger partial charge in [-0.25, -0.2) is 0 Å². The van der Waals surface area contributed by atoms with Crippen LogP contribution in [-0.2, 0) is 6.54 Å². The molecule has 19 heavy (non-hydrogen) atoms. The van der Waals surface area contributed by atoms with Crippen LogP contribution >= 0.6 is 15.9 Å². The molecule has 1 aromatic rings. The quantitative estimate of drug-likeness (QED) is 0.824. The molecule has 1 unspecified atom stereocenters. The molecule has 0 saturated heterocycles. The summed E-state index contributed by atoms with van der Waals surface area (Å²) in [5.41, 5.74) is 1.17. The molecule has 0 amide bonds. The highest BCUT2D eigenvalue weighted by molar-refractivity contribution is 9.10. The highest BCUT2D eigenvalue weighted by Crippen LogP contribution is 2.33. The lowest BCUT2D eigenvalue weighted by Crippen LogP contribution is -2.23. The van der Waals surface area contributed by atoms with E-state index < -0.39 is 0 Å². The Bertz CT molecular complexity index is 407. The summed E-state index contributed by atoms with van der Waals surface area (Å²) in [5.74, 6) is 2.87. The maximum Gasteiger partial charge on any atom is 0.161 e. The molecule has 0 radical (unpaired) electrons. The second kappa shape index (κ2) is 7.75. The number of rotatable bonds is 7. The van der Waals surface area contributed by atoms with Crippen LogP contribution in [0.25, 0.3) is 0 Å². The topological polar surface area (TPSA) is 30.5 Å². The highest BCUT2D eigenvalue weighted by Gasteiger charge is 2.10. The fourth-order valence-electron chi connectivity index (χ4n) is 1.70. The van der Waals surface area contributed by atoms with E-state index in [1.807, 2.05) is 12.1 Å². The van der Waals surface area contributed by atoms with E-state index in [0.29, 0.717) is 11.8 Å². The van der Waals surface area contributed by atoms with E-state index >= 15 is 0 Å². The minimum atomic E-state index is 0.666. The van der Waals surface area contributed by atoms with Crippen molar-refractivity contribution in [3.05, 3.63) is 22.2 Å². The Balaban J connectivity index is 2.68. The van der Waals surface area contributed by atoms with Gasteiger partial charge in [-0.15, -0.1) is 0 Å². The van der Waals surface area contributed by atoms with Crippen molar-refractivity contribution in [3.63, 3.8) is 0 Å². The summed E-state index contributed by atoms with van der Waals surface area (Å²) in [6, 6.07) is 3.96.